The van der Waals surface area contributed by atoms with Crippen LogP contribution < -0.4 is 11.1 Å². The Morgan fingerprint density at radius 3 is 2.67 bits per heavy atom. The zero-order valence-corrected chi connectivity index (χ0v) is 21.3. The van der Waals surface area contributed by atoms with E-state index in [9.17, 15) is 31.5 Å². The third kappa shape index (κ3) is 4.48. The van der Waals surface area contributed by atoms with Crippen LogP contribution in [-0.2, 0) is 28.0 Å². The largest absolute Gasteiger partial charge is 0.481 e. The predicted octanol–water partition coefficient (Wildman–Crippen LogP) is 3.79. The molecule has 0 saturated heterocycles. The van der Waals surface area contributed by atoms with E-state index in [1.807, 2.05) is 0 Å². The summed E-state index contributed by atoms with van der Waals surface area (Å²) in [6, 6.07) is 3.04. The molecule has 5 rings (SSSR count). The van der Waals surface area contributed by atoms with Crippen LogP contribution in [0.1, 0.15) is 36.0 Å². The Morgan fingerprint density at radius 2 is 1.98 bits per heavy atom. The first kappa shape index (κ1) is 27.3. The van der Waals surface area contributed by atoms with Gasteiger partial charge in [-0.2, -0.15) is 27.1 Å². The fourth-order valence-corrected chi connectivity index (χ4v) is 5.34. The number of amides is 1. The average molecular weight is 583 g/mol. The summed E-state index contributed by atoms with van der Waals surface area (Å²) in [4.78, 5) is 41.2. The third-order valence-corrected chi connectivity index (χ3v) is 7.58. The fraction of sp³-hybridized carbons (Fsp3) is 0.348. The van der Waals surface area contributed by atoms with E-state index in [1.165, 1.54) is 18.3 Å². The van der Waals surface area contributed by atoms with Crippen molar-refractivity contribution in [2.24, 2.45) is 0 Å². The number of nitrogen functional groups attached to an aromatic ring is 1. The number of nitrogens with one attached hydrogen (secondary N) is 1. The zero-order valence-electron chi connectivity index (χ0n) is 20.5. The molecule has 1 amide bonds. The molecule has 0 spiro atoms. The number of carbonyl (C=O) groups excluding carboxylic acids is 1. The van der Waals surface area contributed by atoms with Gasteiger partial charge in [-0.15, -0.1) is 11.3 Å². The normalized spacial score (nSPS) is 17.3. The quantitative estimate of drug-likeness (QED) is 0.263. The lowest BCUT2D eigenvalue weighted by Gasteiger charge is -2.20. The van der Waals surface area contributed by atoms with E-state index >= 15 is 0 Å². The smallest absolute Gasteiger partial charge is 0.453 e. The topological polar surface area (TPSA) is 162 Å². The van der Waals surface area contributed by atoms with Gasteiger partial charge in [0.25, 0.3) is 0 Å². The highest BCUT2D eigenvalue weighted by Gasteiger charge is 2.57. The van der Waals surface area contributed by atoms with Crippen LogP contribution in [-0.4, -0.2) is 58.8 Å². The summed E-state index contributed by atoms with van der Waals surface area (Å²) in [5.74, 6) is -6.61. The second-order valence-corrected chi connectivity index (χ2v) is 10.0. The summed E-state index contributed by atoms with van der Waals surface area (Å²) in [6.07, 6.45) is -5.93. The van der Waals surface area contributed by atoms with Crippen LogP contribution in [0.25, 0.3) is 22.6 Å². The van der Waals surface area contributed by atoms with E-state index < -0.39 is 42.4 Å². The molecule has 210 valence electrons. The Kier molecular flexibility index (Phi) is 6.43. The molecule has 1 aliphatic heterocycles. The van der Waals surface area contributed by atoms with Crippen molar-refractivity contribution in [3.63, 3.8) is 0 Å². The number of nitrogens with zero attached hydrogens (tertiary/aromatic N) is 6. The minimum Gasteiger partial charge on any atom is -0.481 e. The lowest BCUT2D eigenvalue weighted by atomic mass is 9.85. The second kappa shape index (κ2) is 9.42. The van der Waals surface area contributed by atoms with E-state index in [2.05, 4.69) is 30.4 Å². The molecular formula is C23H19F5N8O3S. The Labute approximate surface area is 225 Å². The van der Waals surface area contributed by atoms with E-state index in [1.54, 1.807) is 12.3 Å². The minimum absolute atomic E-state index is 0.0148. The molecular weight excluding hydrogens is 563 g/mol. The van der Waals surface area contributed by atoms with Gasteiger partial charge in [-0.3, -0.25) is 9.59 Å². The molecule has 4 aromatic rings. The monoisotopic (exact) mass is 582 g/mol. The zero-order chi connectivity index (χ0) is 29.0. The standard InChI is InChI=1S/C23H19F5N8O3S/c1-21(20-31-10(9-40-20)4-5-12(37)38)13-15(29)32-17(33-16(13)34-19(21)39)14-11-3-2-7-30-18(11)36(35-14)8-6-22(24,25)23(26,27)28/h2-3,7,9H,4-6,8H2,1H3,(H,37,38)(H3,29,32,33,34,39)/t21-/m1/s1. The highest BCUT2D eigenvalue weighted by atomic mass is 32.1. The van der Waals surface area contributed by atoms with Crippen molar-refractivity contribution in [3.05, 3.63) is 40.0 Å². The van der Waals surface area contributed by atoms with Gasteiger partial charge in [0.05, 0.1) is 23.1 Å². The highest BCUT2D eigenvalue weighted by molar-refractivity contribution is 7.10. The molecule has 0 aromatic carbocycles. The maximum Gasteiger partial charge on any atom is 0.453 e. The average Bonchev–Trinajstić information content (AvgIpc) is 3.56. The van der Waals surface area contributed by atoms with Crippen LogP contribution >= 0.6 is 11.3 Å². The van der Waals surface area contributed by atoms with Gasteiger partial charge in [-0.1, -0.05) is 0 Å². The number of hydrogen-bond donors (Lipinski definition) is 3. The van der Waals surface area contributed by atoms with E-state index in [0.29, 0.717) is 10.7 Å². The summed E-state index contributed by atoms with van der Waals surface area (Å²) < 4.78 is 66.1. The van der Waals surface area contributed by atoms with Crippen LogP contribution in [0.2, 0.25) is 0 Å². The molecule has 4 aromatic heterocycles. The molecule has 0 aliphatic carbocycles. The van der Waals surface area contributed by atoms with Gasteiger partial charge in [0.2, 0.25) is 5.91 Å². The number of alkyl halides is 5. The highest BCUT2D eigenvalue weighted by Crippen LogP contribution is 2.46. The van der Waals surface area contributed by atoms with Crippen LogP contribution in [0.4, 0.5) is 33.6 Å². The summed E-state index contributed by atoms with van der Waals surface area (Å²) >= 11 is 1.15. The Bertz CT molecular complexity index is 1650. The first-order chi connectivity index (χ1) is 18.7. The van der Waals surface area contributed by atoms with Gasteiger partial charge in [0, 0.05) is 31.0 Å². The van der Waals surface area contributed by atoms with Crippen LogP contribution in [0.5, 0.6) is 0 Å². The summed E-state index contributed by atoms with van der Waals surface area (Å²) in [7, 11) is 0. The Balaban J connectivity index is 1.53. The Hall–Kier alpha value is -4.28. The number of pyridine rings is 1. The molecule has 1 aliphatic rings. The van der Waals surface area contributed by atoms with Crippen LogP contribution in [0.3, 0.4) is 0 Å². The van der Waals surface area contributed by atoms with E-state index in [4.69, 9.17) is 10.8 Å². The van der Waals surface area contributed by atoms with Gasteiger partial charge in [0.15, 0.2) is 11.5 Å². The van der Waals surface area contributed by atoms with Gasteiger partial charge < -0.3 is 16.2 Å². The van der Waals surface area contributed by atoms with Gasteiger partial charge >= 0.3 is 18.1 Å². The molecule has 0 radical (unpaired) electrons. The number of aliphatic carboxylic acids is 1. The molecule has 40 heavy (non-hydrogen) atoms. The summed E-state index contributed by atoms with van der Waals surface area (Å²) in [6.45, 7) is 0.770. The number of aryl methyl sites for hydroxylation is 2. The van der Waals surface area contributed by atoms with Gasteiger partial charge in [-0.25, -0.2) is 24.6 Å². The van der Waals surface area contributed by atoms with Crippen molar-refractivity contribution in [1.29, 1.82) is 0 Å². The number of aromatic nitrogens is 6. The third-order valence-electron chi connectivity index (χ3n) is 6.47. The Morgan fingerprint density at radius 1 is 1.23 bits per heavy atom. The van der Waals surface area contributed by atoms with Crippen molar-refractivity contribution in [2.75, 3.05) is 11.1 Å². The maximum absolute atomic E-state index is 13.6. The van der Waals surface area contributed by atoms with E-state index in [-0.39, 0.29) is 52.6 Å². The number of nitrogens with two attached hydrogens (primary N) is 1. The number of fused-ring (bicyclic) bond motifs is 2. The van der Waals surface area contributed by atoms with Crippen molar-refractivity contribution in [3.8, 4) is 11.5 Å². The van der Waals surface area contributed by atoms with Crippen molar-refractivity contribution in [2.45, 2.75) is 50.2 Å². The SMILES string of the molecule is C[C@]1(c2nc(CCC(=O)O)cs2)C(=O)Nc2nc(-c3nn(CCC(F)(F)C(F)(F)F)c4ncccc34)nc(N)c21. The molecule has 11 nitrogen and oxygen atoms in total. The number of rotatable bonds is 8. The second-order valence-electron chi connectivity index (χ2n) is 9.17. The minimum atomic E-state index is -5.72. The number of thiazole rings is 1. The molecule has 0 bridgehead atoms. The summed E-state index contributed by atoms with van der Waals surface area (Å²) in [5.41, 5.74) is 5.66. The maximum atomic E-state index is 13.6. The number of carboxylic acids is 1. The number of carbonyl (C=O) groups is 2. The van der Waals surface area contributed by atoms with Crippen LogP contribution in [0.15, 0.2) is 23.7 Å². The molecule has 17 heteroatoms. The van der Waals surface area contributed by atoms with Gasteiger partial charge in [-0.05, 0) is 19.1 Å². The molecule has 5 heterocycles. The number of anilines is 2. The number of carboxylic acid groups (broad SMARTS) is 1. The lowest BCUT2D eigenvalue weighted by Crippen LogP contribution is -2.37. The predicted molar refractivity (Wildman–Crippen MR) is 132 cm³/mol. The first-order valence-electron chi connectivity index (χ1n) is 11.6. The lowest BCUT2D eigenvalue weighted by molar-refractivity contribution is -0.285. The summed E-state index contributed by atoms with van der Waals surface area (Å²) in [5, 5.41) is 18.0. The van der Waals surface area contributed by atoms with Crippen LogP contribution in [0, 0.1) is 0 Å². The van der Waals surface area contributed by atoms with E-state index in [0.717, 1.165) is 16.0 Å². The first-order valence-corrected chi connectivity index (χ1v) is 12.5. The number of hydrogen-bond acceptors (Lipinski definition) is 9. The molecule has 0 fully saturated rings. The number of halogens is 5. The fourth-order valence-electron chi connectivity index (χ4n) is 4.32. The van der Waals surface area contributed by atoms with Crippen molar-refractivity contribution >= 4 is 45.9 Å². The van der Waals surface area contributed by atoms with Gasteiger partial charge in [0.1, 0.15) is 27.8 Å². The molecule has 4 N–H and O–H groups in total. The molecule has 1 atom stereocenters. The molecule has 0 unspecified atom stereocenters. The molecule has 0 saturated carbocycles. The van der Waals surface area contributed by atoms with Crippen molar-refractivity contribution < 1.29 is 36.6 Å². The van der Waals surface area contributed by atoms with Crippen molar-refractivity contribution in [1.82, 2.24) is 29.7 Å².